The van der Waals surface area contributed by atoms with Crippen LogP contribution >= 0.6 is 11.6 Å². The van der Waals surface area contributed by atoms with Gasteiger partial charge in [0.05, 0.1) is 22.0 Å². The van der Waals surface area contributed by atoms with Crippen molar-refractivity contribution in [3.05, 3.63) is 58.1 Å². The first kappa shape index (κ1) is 18.5. The molecule has 5 nitrogen and oxygen atoms in total. The quantitative estimate of drug-likeness (QED) is 0.906. The number of carbonyl (C=O) groups is 2. The van der Waals surface area contributed by atoms with Crippen LogP contribution in [0.15, 0.2) is 36.4 Å². The third-order valence-electron chi connectivity index (χ3n) is 3.69. The van der Waals surface area contributed by atoms with E-state index < -0.39 is 5.91 Å². The summed E-state index contributed by atoms with van der Waals surface area (Å²) in [6.45, 7) is 4.91. The Bertz CT molecular complexity index is 848. The first-order valence-electron chi connectivity index (χ1n) is 7.67. The summed E-state index contributed by atoms with van der Waals surface area (Å²) in [5, 5.41) is 12.4. The number of hydrogen-bond acceptors (Lipinski definition) is 3. The highest BCUT2D eigenvalue weighted by Crippen LogP contribution is 2.27. The number of nitrogens with one attached hydrogen (secondary N) is 1. The molecule has 0 aliphatic rings. The fourth-order valence-electron chi connectivity index (χ4n) is 2.57. The third kappa shape index (κ3) is 4.37. The highest BCUT2D eigenvalue weighted by Gasteiger charge is 2.19. The van der Waals surface area contributed by atoms with E-state index in [4.69, 9.17) is 11.6 Å². The van der Waals surface area contributed by atoms with Gasteiger partial charge < -0.3 is 10.2 Å². The number of hydrogen-bond donors (Lipinski definition) is 1. The lowest BCUT2D eigenvalue weighted by molar-refractivity contribution is -0.120. The van der Waals surface area contributed by atoms with Gasteiger partial charge in [0, 0.05) is 6.92 Å². The summed E-state index contributed by atoms with van der Waals surface area (Å²) in [7, 11) is 0. The van der Waals surface area contributed by atoms with Crippen LogP contribution in [0, 0.1) is 25.2 Å². The minimum absolute atomic E-state index is 0.211. The number of nitriles is 1. The van der Waals surface area contributed by atoms with Crippen LogP contribution in [0.5, 0.6) is 0 Å². The maximum absolute atomic E-state index is 12.4. The molecule has 2 rings (SSSR count). The second-order valence-corrected chi connectivity index (χ2v) is 6.13. The highest BCUT2D eigenvalue weighted by atomic mass is 35.5. The molecule has 0 unspecified atom stereocenters. The SMILES string of the molecule is CC(=O)N(CC(=O)Nc1c(C)cc(C)cc1Cl)c1ccccc1C#N. The van der Waals surface area contributed by atoms with Crippen molar-refractivity contribution in [2.45, 2.75) is 20.8 Å². The Morgan fingerprint density at radius 1 is 1.24 bits per heavy atom. The van der Waals surface area contributed by atoms with E-state index in [0.717, 1.165) is 11.1 Å². The Labute approximate surface area is 151 Å². The van der Waals surface area contributed by atoms with Crippen molar-refractivity contribution in [1.82, 2.24) is 0 Å². The molecule has 25 heavy (non-hydrogen) atoms. The van der Waals surface area contributed by atoms with Crippen molar-refractivity contribution >= 4 is 34.8 Å². The fraction of sp³-hybridized carbons (Fsp3) is 0.211. The molecular formula is C19H18ClN3O2. The van der Waals surface area contributed by atoms with Gasteiger partial charge in [-0.25, -0.2) is 0 Å². The Morgan fingerprint density at radius 2 is 1.92 bits per heavy atom. The van der Waals surface area contributed by atoms with Gasteiger partial charge in [0.25, 0.3) is 0 Å². The molecule has 0 aliphatic carbocycles. The summed E-state index contributed by atoms with van der Waals surface area (Å²) in [4.78, 5) is 25.7. The molecule has 2 amide bonds. The van der Waals surface area contributed by atoms with Gasteiger partial charge in [-0.1, -0.05) is 29.8 Å². The monoisotopic (exact) mass is 355 g/mol. The third-order valence-corrected chi connectivity index (χ3v) is 3.99. The van der Waals surface area contributed by atoms with E-state index in [1.54, 1.807) is 30.3 Å². The topological polar surface area (TPSA) is 73.2 Å². The highest BCUT2D eigenvalue weighted by molar-refractivity contribution is 6.34. The summed E-state index contributed by atoms with van der Waals surface area (Å²) < 4.78 is 0. The molecule has 2 aromatic rings. The van der Waals surface area contributed by atoms with E-state index >= 15 is 0 Å². The average molecular weight is 356 g/mol. The largest absolute Gasteiger partial charge is 0.323 e. The molecular weight excluding hydrogens is 338 g/mol. The molecule has 0 fully saturated rings. The molecule has 0 spiro atoms. The van der Waals surface area contributed by atoms with Crippen LogP contribution in [0.4, 0.5) is 11.4 Å². The smallest absolute Gasteiger partial charge is 0.244 e. The minimum atomic E-state index is -0.392. The van der Waals surface area contributed by atoms with Gasteiger partial charge in [-0.15, -0.1) is 0 Å². The summed E-state index contributed by atoms with van der Waals surface area (Å²) in [5.74, 6) is -0.721. The second-order valence-electron chi connectivity index (χ2n) is 5.72. The summed E-state index contributed by atoms with van der Waals surface area (Å²) >= 11 is 6.20. The average Bonchev–Trinajstić information content (AvgIpc) is 2.55. The Kier molecular flexibility index (Phi) is 5.79. The Morgan fingerprint density at radius 3 is 2.52 bits per heavy atom. The predicted octanol–water partition coefficient (Wildman–Crippen LogP) is 3.82. The first-order chi connectivity index (χ1) is 11.8. The first-order valence-corrected chi connectivity index (χ1v) is 8.05. The van der Waals surface area contributed by atoms with E-state index in [1.165, 1.54) is 11.8 Å². The van der Waals surface area contributed by atoms with Crippen molar-refractivity contribution in [3.8, 4) is 6.07 Å². The summed E-state index contributed by atoms with van der Waals surface area (Å²) in [6.07, 6.45) is 0. The molecule has 2 aromatic carbocycles. The van der Waals surface area contributed by atoms with E-state index in [-0.39, 0.29) is 12.5 Å². The molecule has 0 radical (unpaired) electrons. The maximum Gasteiger partial charge on any atom is 0.244 e. The van der Waals surface area contributed by atoms with Crippen molar-refractivity contribution in [1.29, 1.82) is 5.26 Å². The van der Waals surface area contributed by atoms with Crippen LogP contribution < -0.4 is 10.2 Å². The molecule has 0 atom stereocenters. The lowest BCUT2D eigenvalue weighted by atomic mass is 10.1. The second kappa shape index (κ2) is 7.82. The van der Waals surface area contributed by atoms with Crippen molar-refractivity contribution in [2.24, 2.45) is 0 Å². The number of aryl methyl sites for hydroxylation is 2. The van der Waals surface area contributed by atoms with Gasteiger partial charge in [-0.05, 0) is 43.2 Å². The molecule has 0 aromatic heterocycles. The number of halogens is 1. The van der Waals surface area contributed by atoms with Gasteiger partial charge in [0.1, 0.15) is 12.6 Å². The standard InChI is InChI=1S/C19H18ClN3O2/c1-12-8-13(2)19(16(20)9-12)22-18(25)11-23(14(3)24)17-7-5-4-6-15(17)10-21/h4-9H,11H2,1-3H3,(H,22,25). The minimum Gasteiger partial charge on any atom is -0.323 e. The molecule has 0 aliphatic heterocycles. The number of anilines is 2. The molecule has 0 saturated carbocycles. The molecule has 0 saturated heterocycles. The van der Waals surface area contributed by atoms with Crippen molar-refractivity contribution in [3.63, 3.8) is 0 Å². The predicted molar refractivity (Wildman–Crippen MR) is 98.7 cm³/mol. The molecule has 1 N–H and O–H groups in total. The van der Waals surface area contributed by atoms with Gasteiger partial charge in [-0.3, -0.25) is 9.59 Å². The van der Waals surface area contributed by atoms with Gasteiger partial charge >= 0.3 is 0 Å². The number of carbonyl (C=O) groups excluding carboxylic acids is 2. The zero-order valence-electron chi connectivity index (χ0n) is 14.3. The molecule has 6 heteroatoms. The van der Waals surface area contributed by atoms with Gasteiger partial charge in [0.15, 0.2) is 0 Å². The summed E-state index contributed by atoms with van der Waals surface area (Å²) in [6, 6.07) is 12.4. The normalized spacial score (nSPS) is 10.0. The fourth-order valence-corrected chi connectivity index (χ4v) is 2.93. The number of para-hydroxylation sites is 1. The van der Waals surface area contributed by atoms with Crippen molar-refractivity contribution < 1.29 is 9.59 Å². The molecule has 0 bridgehead atoms. The van der Waals surface area contributed by atoms with Crippen molar-refractivity contribution in [2.75, 3.05) is 16.8 Å². The molecule has 128 valence electrons. The van der Waals surface area contributed by atoms with Gasteiger partial charge in [0.2, 0.25) is 11.8 Å². The Hall–Kier alpha value is -2.84. The van der Waals surface area contributed by atoms with Gasteiger partial charge in [-0.2, -0.15) is 5.26 Å². The van der Waals surface area contributed by atoms with Crippen LogP contribution in [0.2, 0.25) is 5.02 Å². The Balaban J connectivity index is 2.25. The van der Waals surface area contributed by atoms with Crippen LogP contribution in [0.3, 0.4) is 0 Å². The van der Waals surface area contributed by atoms with Crippen LogP contribution in [-0.4, -0.2) is 18.4 Å². The van der Waals surface area contributed by atoms with E-state index in [0.29, 0.717) is 22.0 Å². The lowest BCUT2D eigenvalue weighted by Gasteiger charge is -2.22. The molecule has 0 heterocycles. The van der Waals surface area contributed by atoms with Crippen LogP contribution in [-0.2, 0) is 9.59 Å². The number of rotatable bonds is 4. The van der Waals surface area contributed by atoms with Crippen LogP contribution in [0.1, 0.15) is 23.6 Å². The maximum atomic E-state index is 12.4. The van der Waals surface area contributed by atoms with E-state index in [2.05, 4.69) is 5.32 Å². The number of benzene rings is 2. The number of nitrogens with zero attached hydrogens (tertiary/aromatic N) is 2. The van der Waals surface area contributed by atoms with E-state index in [9.17, 15) is 14.9 Å². The summed E-state index contributed by atoms with van der Waals surface area (Å²) in [5.41, 5.74) is 3.09. The number of amides is 2. The van der Waals surface area contributed by atoms with Crippen LogP contribution in [0.25, 0.3) is 0 Å². The zero-order chi connectivity index (χ0) is 18.6. The zero-order valence-corrected chi connectivity index (χ0v) is 15.0. The van der Waals surface area contributed by atoms with E-state index in [1.807, 2.05) is 26.0 Å². The lowest BCUT2D eigenvalue weighted by Crippen LogP contribution is -2.37.